The summed E-state index contributed by atoms with van der Waals surface area (Å²) in [6.45, 7) is 0. The number of nitrogens with zero attached hydrogens (tertiary/aromatic N) is 1. The highest BCUT2D eigenvalue weighted by Crippen LogP contribution is 2.30. The number of carbonyl (C=O) groups is 1. The van der Waals surface area contributed by atoms with E-state index in [0.29, 0.717) is 21.4 Å². The molecule has 0 unspecified atom stereocenters. The Bertz CT molecular complexity index is 688. The minimum Gasteiger partial charge on any atom is -0.495 e. The number of nitrogens with one attached hydrogen (secondary N) is 1. The van der Waals surface area contributed by atoms with Crippen molar-refractivity contribution in [3.63, 3.8) is 0 Å². The molecule has 0 aliphatic carbocycles. The zero-order chi connectivity index (χ0) is 15.9. The van der Waals surface area contributed by atoms with Gasteiger partial charge in [0, 0.05) is 10.6 Å². The highest BCUT2D eigenvalue weighted by atomic mass is 35.5. The molecule has 0 spiro atoms. The number of hydrazone groups is 1. The van der Waals surface area contributed by atoms with Gasteiger partial charge in [-0.25, -0.2) is 5.43 Å². The number of amides is 1. The Labute approximate surface area is 138 Å². The van der Waals surface area contributed by atoms with Crippen LogP contribution in [0.3, 0.4) is 0 Å². The molecule has 0 aromatic heterocycles. The Morgan fingerprint density at radius 2 is 2.00 bits per heavy atom. The summed E-state index contributed by atoms with van der Waals surface area (Å²) in [5.74, 6) is 0.238. The fourth-order valence-electron chi connectivity index (χ4n) is 1.89. The molecule has 0 heterocycles. The van der Waals surface area contributed by atoms with Crippen LogP contribution in [0, 0.1) is 0 Å². The van der Waals surface area contributed by atoms with Crippen LogP contribution in [-0.2, 0) is 11.2 Å². The second-order valence-corrected chi connectivity index (χ2v) is 5.31. The Morgan fingerprint density at radius 3 is 2.68 bits per heavy atom. The van der Waals surface area contributed by atoms with E-state index in [1.54, 1.807) is 12.1 Å². The molecule has 0 saturated heterocycles. The van der Waals surface area contributed by atoms with E-state index in [4.69, 9.17) is 27.9 Å². The Morgan fingerprint density at radius 1 is 1.27 bits per heavy atom. The molecule has 0 bridgehead atoms. The van der Waals surface area contributed by atoms with Gasteiger partial charge in [-0.1, -0.05) is 53.5 Å². The van der Waals surface area contributed by atoms with Crippen LogP contribution in [0.4, 0.5) is 0 Å². The smallest absolute Gasteiger partial charge is 0.244 e. The number of halogens is 2. The topological polar surface area (TPSA) is 50.7 Å². The lowest BCUT2D eigenvalue weighted by Gasteiger charge is -2.07. The van der Waals surface area contributed by atoms with Gasteiger partial charge in [0.1, 0.15) is 5.75 Å². The van der Waals surface area contributed by atoms with Crippen molar-refractivity contribution in [1.29, 1.82) is 0 Å². The Kier molecular flexibility index (Phi) is 5.81. The first-order chi connectivity index (χ1) is 10.6. The van der Waals surface area contributed by atoms with Crippen LogP contribution in [0.5, 0.6) is 5.75 Å². The third-order valence-corrected chi connectivity index (χ3v) is 3.34. The largest absolute Gasteiger partial charge is 0.495 e. The number of ether oxygens (including phenoxy) is 1. The van der Waals surface area contributed by atoms with Crippen molar-refractivity contribution < 1.29 is 9.53 Å². The van der Waals surface area contributed by atoms with Crippen molar-refractivity contribution in [3.8, 4) is 5.75 Å². The third-order valence-electron chi connectivity index (χ3n) is 2.84. The van der Waals surface area contributed by atoms with Gasteiger partial charge < -0.3 is 4.74 Å². The number of carbonyl (C=O) groups excluding carboxylic acids is 1. The predicted octanol–water partition coefficient (Wildman–Crippen LogP) is 3.69. The van der Waals surface area contributed by atoms with Gasteiger partial charge in [0.15, 0.2) is 0 Å². The van der Waals surface area contributed by atoms with E-state index in [2.05, 4.69) is 10.5 Å². The highest BCUT2D eigenvalue weighted by Gasteiger charge is 2.08. The van der Waals surface area contributed by atoms with Crippen LogP contribution < -0.4 is 10.2 Å². The average Bonchev–Trinajstić information content (AvgIpc) is 2.48. The van der Waals surface area contributed by atoms with Gasteiger partial charge >= 0.3 is 0 Å². The lowest BCUT2D eigenvalue weighted by Crippen LogP contribution is -2.19. The van der Waals surface area contributed by atoms with Crippen molar-refractivity contribution in [2.24, 2.45) is 5.10 Å². The molecular formula is C16H14Cl2N2O2. The Balaban J connectivity index is 2.02. The summed E-state index contributed by atoms with van der Waals surface area (Å²) >= 11 is 12.0. The van der Waals surface area contributed by atoms with Gasteiger partial charge in [-0.05, 0) is 17.7 Å². The molecule has 0 atom stereocenters. The monoisotopic (exact) mass is 336 g/mol. The normalized spacial score (nSPS) is 10.7. The third kappa shape index (κ3) is 4.48. The van der Waals surface area contributed by atoms with Crippen molar-refractivity contribution in [2.45, 2.75) is 6.42 Å². The quantitative estimate of drug-likeness (QED) is 0.668. The number of hydrogen-bond donors (Lipinski definition) is 1. The Hall–Kier alpha value is -2.04. The maximum absolute atomic E-state index is 11.8. The van der Waals surface area contributed by atoms with Crippen LogP contribution in [0.25, 0.3) is 0 Å². The molecule has 1 N–H and O–H groups in total. The molecule has 0 saturated carbocycles. The zero-order valence-corrected chi connectivity index (χ0v) is 13.4. The van der Waals surface area contributed by atoms with Crippen LogP contribution >= 0.6 is 23.2 Å². The lowest BCUT2D eigenvalue weighted by atomic mass is 10.1. The van der Waals surface area contributed by atoms with Crippen molar-refractivity contribution >= 4 is 35.3 Å². The summed E-state index contributed by atoms with van der Waals surface area (Å²) in [5.41, 5.74) is 3.96. The minimum absolute atomic E-state index is 0.213. The standard InChI is InChI=1S/C16H14Cl2N2O2/c1-22-16-12(8-13(17)9-14(16)18)10-19-20-15(21)7-11-5-3-2-4-6-11/h2-6,8-10H,7H2,1H3,(H,20,21). The molecule has 1 amide bonds. The summed E-state index contributed by atoms with van der Waals surface area (Å²) in [5, 5.41) is 4.75. The van der Waals surface area contributed by atoms with E-state index in [1.165, 1.54) is 13.3 Å². The van der Waals surface area contributed by atoms with Gasteiger partial charge in [-0.2, -0.15) is 5.10 Å². The van der Waals surface area contributed by atoms with E-state index in [0.717, 1.165) is 5.56 Å². The average molecular weight is 337 g/mol. The summed E-state index contributed by atoms with van der Waals surface area (Å²) in [4.78, 5) is 11.8. The van der Waals surface area contributed by atoms with E-state index in [9.17, 15) is 4.79 Å². The van der Waals surface area contributed by atoms with Gasteiger partial charge in [-0.15, -0.1) is 0 Å². The second kappa shape index (κ2) is 7.82. The number of rotatable bonds is 5. The number of hydrogen-bond acceptors (Lipinski definition) is 3. The number of benzene rings is 2. The molecule has 2 aromatic rings. The molecule has 6 heteroatoms. The minimum atomic E-state index is -0.213. The highest BCUT2D eigenvalue weighted by molar-refractivity contribution is 6.36. The zero-order valence-electron chi connectivity index (χ0n) is 11.8. The molecule has 0 radical (unpaired) electrons. The summed E-state index contributed by atoms with van der Waals surface area (Å²) in [6, 6.07) is 12.6. The SMILES string of the molecule is COc1c(Cl)cc(Cl)cc1C=NNC(=O)Cc1ccccc1. The summed E-state index contributed by atoms with van der Waals surface area (Å²) in [7, 11) is 1.50. The van der Waals surface area contributed by atoms with Crippen molar-refractivity contribution in [1.82, 2.24) is 5.43 Å². The predicted molar refractivity (Wildman–Crippen MR) is 88.9 cm³/mol. The van der Waals surface area contributed by atoms with Crippen LogP contribution in [-0.4, -0.2) is 19.2 Å². The first kappa shape index (κ1) is 16.3. The summed E-state index contributed by atoms with van der Waals surface area (Å²) in [6.07, 6.45) is 1.70. The van der Waals surface area contributed by atoms with E-state index in [1.807, 2.05) is 30.3 Å². The van der Waals surface area contributed by atoms with Gasteiger partial charge in [0.25, 0.3) is 0 Å². The van der Waals surface area contributed by atoms with E-state index >= 15 is 0 Å². The van der Waals surface area contributed by atoms with Crippen LogP contribution in [0.1, 0.15) is 11.1 Å². The van der Waals surface area contributed by atoms with Crippen molar-refractivity contribution in [3.05, 3.63) is 63.6 Å². The molecule has 0 fully saturated rings. The first-order valence-corrected chi connectivity index (χ1v) is 7.24. The molecule has 114 valence electrons. The number of methoxy groups -OCH3 is 1. The molecule has 0 aliphatic rings. The molecule has 2 rings (SSSR count). The molecule has 4 nitrogen and oxygen atoms in total. The van der Waals surface area contributed by atoms with Gasteiger partial charge in [-0.3, -0.25) is 4.79 Å². The second-order valence-electron chi connectivity index (χ2n) is 4.47. The lowest BCUT2D eigenvalue weighted by molar-refractivity contribution is -0.120. The van der Waals surface area contributed by atoms with Crippen LogP contribution in [0.2, 0.25) is 10.0 Å². The molecule has 2 aromatic carbocycles. The fourth-order valence-corrected chi connectivity index (χ4v) is 2.47. The van der Waals surface area contributed by atoms with Gasteiger partial charge in [0.2, 0.25) is 5.91 Å². The fraction of sp³-hybridized carbons (Fsp3) is 0.125. The van der Waals surface area contributed by atoms with E-state index < -0.39 is 0 Å². The van der Waals surface area contributed by atoms with Crippen molar-refractivity contribution in [2.75, 3.05) is 7.11 Å². The van der Waals surface area contributed by atoms with Gasteiger partial charge in [0.05, 0.1) is 24.8 Å². The molecule has 22 heavy (non-hydrogen) atoms. The first-order valence-electron chi connectivity index (χ1n) is 6.49. The maximum Gasteiger partial charge on any atom is 0.244 e. The maximum atomic E-state index is 11.8. The van der Waals surface area contributed by atoms with Crippen LogP contribution in [0.15, 0.2) is 47.6 Å². The molecular weight excluding hydrogens is 323 g/mol. The summed E-state index contributed by atoms with van der Waals surface area (Å²) < 4.78 is 5.19. The van der Waals surface area contributed by atoms with E-state index in [-0.39, 0.29) is 12.3 Å². The molecule has 0 aliphatic heterocycles.